The van der Waals surface area contributed by atoms with Crippen LogP contribution >= 0.6 is 0 Å². The number of halogens is 1. The van der Waals surface area contributed by atoms with Crippen molar-refractivity contribution in [3.8, 4) is 5.75 Å². The van der Waals surface area contributed by atoms with Crippen LogP contribution in [-0.2, 0) is 4.79 Å². The fraction of sp³-hybridized carbons (Fsp3) is 0.136. The van der Waals surface area contributed by atoms with Gasteiger partial charge in [-0.15, -0.1) is 0 Å². The summed E-state index contributed by atoms with van der Waals surface area (Å²) < 4.78 is 18.5. The number of anilines is 2. The number of hydrogen-bond donors (Lipinski definition) is 2. The van der Waals surface area contributed by atoms with Crippen LogP contribution in [-0.4, -0.2) is 13.0 Å². The summed E-state index contributed by atoms with van der Waals surface area (Å²) in [6, 6.07) is 20.2. The Labute approximate surface area is 158 Å². The van der Waals surface area contributed by atoms with E-state index in [9.17, 15) is 9.18 Å². The second-order valence-corrected chi connectivity index (χ2v) is 6.19. The number of aryl methyl sites for hydroxylation is 1. The van der Waals surface area contributed by atoms with Crippen LogP contribution in [0.5, 0.6) is 5.75 Å². The Balaban J connectivity index is 1.89. The first kappa shape index (κ1) is 18.5. The van der Waals surface area contributed by atoms with E-state index in [1.807, 2.05) is 55.5 Å². The maximum absolute atomic E-state index is 13.2. The van der Waals surface area contributed by atoms with Gasteiger partial charge in [0.1, 0.15) is 17.6 Å². The summed E-state index contributed by atoms with van der Waals surface area (Å²) in [5.74, 6) is 0.0164. The Bertz CT molecular complexity index is 911. The molecule has 3 aromatic rings. The zero-order valence-corrected chi connectivity index (χ0v) is 15.2. The molecule has 1 atom stereocenters. The van der Waals surface area contributed by atoms with Gasteiger partial charge in [0.25, 0.3) is 5.91 Å². The normalized spacial score (nSPS) is 11.5. The van der Waals surface area contributed by atoms with Gasteiger partial charge >= 0.3 is 0 Å². The largest absolute Gasteiger partial charge is 0.495 e. The maximum atomic E-state index is 13.2. The van der Waals surface area contributed by atoms with Crippen LogP contribution in [0.25, 0.3) is 0 Å². The molecule has 0 saturated carbocycles. The van der Waals surface area contributed by atoms with Crippen molar-refractivity contribution in [2.24, 2.45) is 0 Å². The summed E-state index contributed by atoms with van der Waals surface area (Å²) in [5.41, 5.74) is 3.06. The predicted octanol–water partition coefficient (Wildman–Crippen LogP) is 4.93. The van der Waals surface area contributed by atoms with Crippen LogP contribution in [0.15, 0.2) is 72.8 Å². The third-order valence-electron chi connectivity index (χ3n) is 4.16. The van der Waals surface area contributed by atoms with Crippen molar-refractivity contribution in [2.45, 2.75) is 13.0 Å². The van der Waals surface area contributed by atoms with Crippen molar-refractivity contribution in [1.29, 1.82) is 0 Å². The van der Waals surface area contributed by atoms with Gasteiger partial charge in [-0.25, -0.2) is 4.39 Å². The van der Waals surface area contributed by atoms with Crippen molar-refractivity contribution in [2.75, 3.05) is 17.7 Å². The minimum atomic E-state index is -0.651. The topological polar surface area (TPSA) is 50.4 Å². The molecule has 0 saturated heterocycles. The minimum Gasteiger partial charge on any atom is -0.495 e. The number of ether oxygens (including phenoxy) is 1. The molecule has 0 aliphatic heterocycles. The van der Waals surface area contributed by atoms with Gasteiger partial charge in [0.2, 0.25) is 0 Å². The minimum absolute atomic E-state index is 0.241. The SMILES string of the molecule is COc1ccc(C)cc1NC(=O)C(Nc1ccc(F)cc1)c1ccccc1. The van der Waals surface area contributed by atoms with E-state index in [4.69, 9.17) is 4.74 Å². The average Bonchev–Trinajstić information content (AvgIpc) is 2.68. The van der Waals surface area contributed by atoms with Gasteiger partial charge < -0.3 is 15.4 Å². The maximum Gasteiger partial charge on any atom is 0.251 e. The molecule has 3 rings (SSSR count). The molecule has 0 aliphatic rings. The lowest BCUT2D eigenvalue weighted by Gasteiger charge is -2.21. The number of carbonyl (C=O) groups excluding carboxylic acids is 1. The van der Waals surface area contributed by atoms with Crippen molar-refractivity contribution in [1.82, 2.24) is 0 Å². The predicted molar refractivity (Wildman–Crippen MR) is 106 cm³/mol. The first-order valence-electron chi connectivity index (χ1n) is 8.59. The van der Waals surface area contributed by atoms with Gasteiger partial charge in [-0.1, -0.05) is 36.4 Å². The molecular weight excluding hydrogens is 343 g/mol. The molecule has 138 valence electrons. The summed E-state index contributed by atoms with van der Waals surface area (Å²) in [6.45, 7) is 1.94. The third kappa shape index (κ3) is 4.64. The Hall–Kier alpha value is -3.34. The molecule has 0 aliphatic carbocycles. The van der Waals surface area contributed by atoms with Crippen LogP contribution in [0.3, 0.4) is 0 Å². The van der Waals surface area contributed by atoms with E-state index in [0.717, 1.165) is 11.1 Å². The highest BCUT2D eigenvalue weighted by Crippen LogP contribution is 2.28. The Kier molecular flexibility index (Phi) is 5.71. The van der Waals surface area contributed by atoms with Gasteiger partial charge in [0, 0.05) is 5.69 Å². The first-order valence-corrected chi connectivity index (χ1v) is 8.59. The van der Waals surface area contributed by atoms with Gasteiger partial charge in [0.05, 0.1) is 12.8 Å². The molecule has 3 aromatic carbocycles. The highest BCUT2D eigenvalue weighted by molar-refractivity contribution is 5.98. The number of nitrogens with one attached hydrogen (secondary N) is 2. The Morgan fingerprint density at radius 3 is 2.37 bits per heavy atom. The highest BCUT2D eigenvalue weighted by Gasteiger charge is 2.21. The van der Waals surface area contributed by atoms with Crippen molar-refractivity contribution < 1.29 is 13.9 Å². The zero-order valence-electron chi connectivity index (χ0n) is 15.2. The molecule has 0 aromatic heterocycles. The smallest absolute Gasteiger partial charge is 0.251 e. The van der Waals surface area contributed by atoms with Crippen LogP contribution in [0.4, 0.5) is 15.8 Å². The van der Waals surface area contributed by atoms with E-state index < -0.39 is 6.04 Å². The monoisotopic (exact) mass is 364 g/mol. The molecule has 0 fully saturated rings. The highest BCUT2D eigenvalue weighted by atomic mass is 19.1. The fourth-order valence-electron chi connectivity index (χ4n) is 2.78. The van der Waals surface area contributed by atoms with Gasteiger partial charge in [0.15, 0.2) is 0 Å². The number of hydrogen-bond acceptors (Lipinski definition) is 3. The first-order chi connectivity index (χ1) is 13.1. The van der Waals surface area contributed by atoms with Crippen molar-refractivity contribution in [3.63, 3.8) is 0 Å². The molecule has 2 N–H and O–H groups in total. The standard InChI is InChI=1S/C22H21FN2O2/c1-15-8-13-20(27-2)19(14-15)25-22(26)21(16-6-4-3-5-7-16)24-18-11-9-17(23)10-12-18/h3-14,21,24H,1-2H3,(H,25,26). The third-order valence-corrected chi connectivity index (χ3v) is 4.16. The Morgan fingerprint density at radius 1 is 1.00 bits per heavy atom. The summed E-state index contributed by atoms with van der Waals surface area (Å²) in [7, 11) is 1.56. The Morgan fingerprint density at radius 2 is 1.70 bits per heavy atom. The lowest BCUT2D eigenvalue weighted by molar-refractivity contribution is -0.117. The molecule has 27 heavy (non-hydrogen) atoms. The molecule has 4 nitrogen and oxygen atoms in total. The van der Waals surface area contributed by atoms with Crippen molar-refractivity contribution >= 4 is 17.3 Å². The quantitative estimate of drug-likeness (QED) is 0.652. The molecule has 0 radical (unpaired) electrons. The lowest BCUT2D eigenvalue weighted by atomic mass is 10.1. The zero-order chi connectivity index (χ0) is 19.2. The molecule has 0 bridgehead atoms. The van der Waals surface area contributed by atoms with Crippen LogP contribution in [0, 0.1) is 12.7 Å². The van der Waals surface area contributed by atoms with Gasteiger partial charge in [-0.05, 0) is 54.4 Å². The molecule has 0 heterocycles. The summed E-state index contributed by atoms with van der Waals surface area (Å²) in [6.07, 6.45) is 0. The second kappa shape index (κ2) is 8.36. The molecule has 0 spiro atoms. The van der Waals surface area contributed by atoms with E-state index in [0.29, 0.717) is 17.1 Å². The molecular formula is C22H21FN2O2. The molecule has 1 amide bonds. The van der Waals surface area contributed by atoms with E-state index in [-0.39, 0.29) is 11.7 Å². The number of methoxy groups -OCH3 is 1. The fourth-order valence-corrected chi connectivity index (χ4v) is 2.78. The van der Waals surface area contributed by atoms with Crippen molar-refractivity contribution in [3.05, 3.63) is 89.7 Å². The van der Waals surface area contributed by atoms with E-state index in [1.54, 1.807) is 19.2 Å². The number of carbonyl (C=O) groups is 1. The van der Waals surface area contributed by atoms with Crippen LogP contribution in [0.2, 0.25) is 0 Å². The second-order valence-electron chi connectivity index (χ2n) is 6.19. The van der Waals surface area contributed by atoms with E-state index in [1.165, 1.54) is 12.1 Å². The molecule has 5 heteroatoms. The van der Waals surface area contributed by atoms with Gasteiger partial charge in [-0.3, -0.25) is 4.79 Å². The average molecular weight is 364 g/mol. The summed E-state index contributed by atoms with van der Waals surface area (Å²) >= 11 is 0. The summed E-state index contributed by atoms with van der Waals surface area (Å²) in [5, 5.41) is 6.11. The number of amides is 1. The van der Waals surface area contributed by atoms with E-state index in [2.05, 4.69) is 10.6 Å². The lowest BCUT2D eigenvalue weighted by Crippen LogP contribution is -2.27. The van der Waals surface area contributed by atoms with E-state index >= 15 is 0 Å². The number of rotatable bonds is 6. The summed E-state index contributed by atoms with van der Waals surface area (Å²) in [4.78, 5) is 13.1. The van der Waals surface area contributed by atoms with Crippen LogP contribution in [0.1, 0.15) is 17.2 Å². The van der Waals surface area contributed by atoms with Gasteiger partial charge in [-0.2, -0.15) is 0 Å². The number of benzene rings is 3. The van der Waals surface area contributed by atoms with Crippen LogP contribution < -0.4 is 15.4 Å². The molecule has 1 unspecified atom stereocenters.